The number of benzene rings is 3. The van der Waals surface area contributed by atoms with Crippen LogP contribution in [0.2, 0.25) is 0 Å². The Labute approximate surface area is 152 Å². The third-order valence-corrected chi connectivity index (χ3v) is 4.30. The summed E-state index contributed by atoms with van der Waals surface area (Å²) in [7, 11) is 0. The van der Waals surface area contributed by atoms with Crippen LogP contribution in [0.25, 0.3) is 43.4 Å². The molecule has 1 heterocycles. The van der Waals surface area contributed by atoms with E-state index in [1.165, 1.54) is 32.9 Å². The van der Waals surface area contributed by atoms with Crippen molar-refractivity contribution in [1.82, 2.24) is 6.15 Å². The normalized spacial score (nSPS) is 9.73. The first-order valence-electron chi connectivity index (χ1n) is 8.21. The molecular weight excluding hydrogens is 322 g/mol. The predicted molar refractivity (Wildman–Crippen MR) is 107 cm³/mol. The van der Waals surface area contributed by atoms with E-state index in [1.54, 1.807) is 4.91 Å². The highest BCUT2D eigenvalue weighted by Gasteiger charge is 2.21. The highest BCUT2D eigenvalue weighted by atomic mass is 15.0. The SMILES string of the molecule is CC[n+]1c(-c2ccccc2)c2ccccc2c2ccccc21.N.[N-]=[N+]=N. The van der Waals surface area contributed by atoms with Crippen molar-refractivity contribution in [2.24, 2.45) is 0 Å². The van der Waals surface area contributed by atoms with Gasteiger partial charge < -0.3 is 6.15 Å². The maximum Gasteiger partial charge on any atom is 0.220 e. The molecular formula is C21H22N5+. The lowest BCUT2D eigenvalue weighted by atomic mass is 9.99. The van der Waals surface area contributed by atoms with Gasteiger partial charge in [0, 0.05) is 17.0 Å². The molecule has 130 valence electrons. The van der Waals surface area contributed by atoms with Crippen molar-refractivity contribution in [1.29, 1.82) is 5.53 Å². The highest BCUT2D eigenvalue weighted by molar-refractivity contribution is 6.08. The van der Waals surface area contributed by atoms with Gasteiger partial charge in [0.2, 0.25) is 11.2 Å². The fourth-order valence-corrected chi connectivity index (χ4v) is 3.36. The van der Waals surface area contributed by atoms with Gasteiger partial charge in [-0.05, 0) is 41.6 Å². The van der Waals surface area contributed by atoms with Gasteiger partial charge in [-0.15, -0.1) is 5.53 Å². The van der Waals surface area contributed by atoms with E-state index in [0.29, 0.717) is 0 Å². The van der Waals surface area contributed by atoms with E-state index in [0.717, 1.165) is 6.54 Å². The average molecular weight is 344 g/mol. The van der Waals surface area contributed by atoms with Gasteiger partial charge in [0.25, 0.3) is 0 Å². The zero-order valence-corrected chi connectivity index (χ0v) is 14.8. The van der Waals surface area contributed by atoms with E-state index in [2.05, 4.69) is 90.4 Å². The first-order valence-corrected chi connectivity index (χ1v) is 8.21. The quantitative estimate of drug-likeness (QED) is 0.150. The van der Waals surface area contributed by atoms with Gasteiger partial charge in [0.15, 0.2) is 0 Å². The number of hydrogen-bond acceptors (Lipinski definition) is 2. The molecule has 4 rings (SSSR count). The van der Waals surface area contributed by atoms with Crippen LogP contribution < -0.4 is 10.7 Å². The molecule has 3 aromatic carbocycles. The van der Waals surface area contributed by atoms with Crippen LogP contribution in [0.1, 0.15) is 6.92 Å². The lowest BCUT2D eigenvalue weighted by Crippen LogP contribution is -2.36. The van der Waals surface area contributed by atoms with Crippen LogP contribution in [-0.2, 0) is 6.54 Å². The van der Waals surface area contributed by atoms with E-state index in [-0.39, 0.29) is 6.15 Å². The summed E-state index contributed by atoms with van der Waals surface area (Å²) in [6.07, 6.45) is 0. The molecule has 5 heteroatoms. The second kappa shape index (κ2) is 8.62. The fraction of sp³-hybridized carbons (Fsp3) is 0.0952. The minimum atomic E-state index is 0. The summed E-state index contributed by atoms with van der Waals surface area (Å²) in [5.41, 5.74) is 16.1. The molecule has 0 saturated heterocycles. The van der Waals surface area contributed by atoms with Gasteiger partial charge in [-0.2, -0.15) is 4.57 Å². The summed E-state index contributed by atoms with van der Waals surface area (Å²) in [6, 6.07) is 28.1. The van der Waals surface area contributed by atoms with Gasteiger partial charge >= 0.3 is 0 Å². The summed E-state index contributed by atoms with van der Waals surface area (Å²) >= 11 is 0. The number of hydrogen-bond donors (Lipinski definition) is 2. The first kappa shape index (κ1) is 18.9. The van der Waals surface area contributed by atoms with Crippen LogP contribution in [0.15, 0.2) is 78.9 Å². The van der Waals surface area contributed by atoms with E-state index < -0.39 is 0 Å². The Hall–Kier alpha value is -3.40. The first-order chi connectivity index (χ1) is 12.3. The summed E-state index contributed by atoms with van der Waals surface area (Å²) in [5, 5.41) is 3.95. The Bertz CT molecular complexity index is 1050. The molecule has 4 N–H and O–H groups in total. The van der Waals surface area contributed by atoms with Crippen molar-refractivity contribution in [3.63, 3.8) is 0 Å². The van der Waals surface area contributed by atoms with E-state index in [4.69, 9.17) is 11.1 Å². The van der Waals surface area contributed by atoms with E-state index in [1.807, 2.05) is 0 Å². The van der Waals surface area contributed by atoms with E-state index >= 15 is 0 Å². The van der Waals surface area contributed by atoms with Gasteiger partial charge in [-0.1, -0.05) is 48.5 Å². The number of rotatable bonds is 2. The largest absolute Gasteiger partial charge is 0.344 e. The molecule has 0 atom stereocenters. The van der Waals surface area contributed by atoms with Crippen molar-refractivity contribution in [2.75, 3.05) is 0 Å². The number of aryl methyl sites for hydroxylation is 1. The summed E-state index contributed by atoms with van der Waals surface area (Å²) in [6.45, 7) is 3.17. The van der Waals surface area contributed by atoms with Gasteiger partial charge in [0.1, 0.15) is 6.54 Å². The van der Waals surface area contributed by atoms with Crippen molar-refractivity contribution in [3.8, 4) is 11.3 Å². The molecule has 0 amide bonds. The molecule has 0 radical (unpaired) electrons. The Morgan fingerprint density at radius 2 is 1.31 bits per heavy atom. The van der Waals surface area contributed by atoms with Crippen molar-refractivity contribution in [2.45, 2.75) is 13.5 Å². The minimum Gasteiger partial charge on any atom is -0.344 e. The zero-order chi connectivity index (χ0) is 17.6. The average Bonchev–Trinajstić information content (AvgIpc) is 2.68. The molecule has 0 saturated carbocycles. The van der Waals surface area contributed by atoms with Gasteiger partial charge in [-0.25, -0.2) is 0 Å². The van der Waals surface area contributed by atoms with Crippen molar-refractivity contribution >= 4 is 21.7 Å². The second-order valence-corrected chi connectivity index (χ2v) is 5.62. The maximum absolute atomic E-state index is 6.86. The van der Waals surface area contributed by atoms with Gasteiger partial charge in [0.05, 0.1) is 10.8 Å². The summed E-state index contributed by atoms with van der Waals surface area (Å²) in [4.78, 5) is 1.75. The Morgan fingerprint density at radius 3 is 1.92 bits per heavy atom. The molecule has 0 aliphatic carbocycles. The third kappa shape index (κ3) is 3.35. The minimum absolute atomic E-state index is 0. The fourth-order valence-electron chi connectivity index (χ4n) is 3.36. The molecule has 0 spiro atoms. The maximum atomic E-state index is 6.86. The smallest absolute Gasteiger partial charge is 0.220 e. The molecule has 0 fully saturated rings. The summed E-state index contributed by atoms with van der Waals surface area (Å²) in [5.74, 6) is 0. The standard InChI is InChI=1S/C21H18N.HN3.H3N/c1-2-22-20-15-9-8-13-18(20)17-12-6-7-14-19(17)21(22)16-10-4-3-5-11-16;1-3-2;/h3-15H,2H2,1H3;1H;1H3/q+1;;. The number of aromatic nitrogens is 1. The molecule has 0 bridgehead atoms. The summed E-state index contributed by atoms with van der Waals surface area (Å²) < 4.78 is 2.42. The number of para-hydroxylation sites is 1. The molecule has 0 aliphatic rings. The molecule has 5 nitrogen and oxygen atoms in total. The monoisotopic (exact) mass is 344 g/mol. The van der Waals surface area contributed by atoms with Crippen molar-refractivity contribution < 1.29 is 4.57 Å². The highest BCUT2D eigenvalue weighted by Crippen LogP contribution is 2.30. The number of fused-ring (bicyclic) bond motifs is 3. The second-order valence-electron chi connectivity index (χ2n) is 5.62. The Balaban J connectivity index is 0.000000570. The van der Waals surface area contributed by atoms with Crippen molar-refractivity contribution in [3.05, 3.63) is 89.3 Å². The van der Waals surface area contributed by atoms with E-state index in [9.17, 15) is 0 Å². The van der Waals surface area contributed by atoms with Crippen LogP contribution in [0.5, 0.6) is 0 Å². The molecule has 0 unspecified atom stereocenters. The van der Waals surface area contributed by atoms with Gasteiger partial charge in [-0.3, -0.25) is 0 Å². The molecule has 1 aromatic heterocycles. The molecule has 26 heavy (non-hydrogen) atoms. The number of nitrogens with one attached hydrogen (secondary N) is 1. The third-order valence-electron chi connectivity index (χ3n) is 4.30. The predicted octanol–water partition coefficient (Wildman–Crippen LogP) is 6.00. The van der Waals surface area contributed by atoms with Crippen LogP contribution in [0.3, 0.4) is 0 Å². The van der Waals surface area contributed by atoms with Crippen LogP contribution in [-0.4, -0.2) is 0 Å². The Morgan fingerprint density at radius 1 is 0.808 bits per heavy atom. The van der Waals surface area contributed by atoms with Crippen LogP contribution >= 0.6 is 0 Å². The number of pyridine rings is 1. The lowest BCUT2D eigenvalue weighted by molar-refractivity contribution is -0.655. The Kier molecular flexibility index (Phi) is 6.28. The zero-order valence-electron chi connectivity index (χ0n) is 14.8. The lowest BCUT2D eigenvalue weighted by Gasteiger charge is -2.10. The number of nitrogens with zero attached hydrogens (tertiary/aromatic N) is 3. The van der Waals surface area contributed by atoms with Crippen LogP contribution in [0.4, 0.5) is 0 Å². The topological polar surface area (TPSA) is 99.1 Å². The molecule has 4 aromatic rings. The van der Waals surface area contributed by atoms with Crippen LogP contribution in [0, 0.1) is 5.53 Å². The molecule has 0 aliphatic heterocycles.